The van der Waals surface area contributed by atoms with Crippen molar-refractivity contribution in [1.29, 1.82) is 0 Å². The maximum atomic E-state index is 12.4. The molecule has 1 saturated heterocycles. The molecular formula is C21H23N3O4S2. The number of unbranched alkanes of at least 4 members (excludes halogenated alkanes) is 1. The number of carbonyl (C=O) groups is 1. The zero-order chi connectivity index (χ0) is 21.6. The van der Waals surface area contributed by atoms with E-state index in [1.54, 1.807) is 36.4 Å². The fourth-order valence-corrected chi connectivity index (χ4v) is 4.60. The first-order valence-electron chi connectivity index (χ1n) is 9.57. The maximum Gasteiger partial charge on any atom is 0.339 e. The van der Waals surface area contributed by atoms with Crippen molar-refractivity contribution < 1.29 is 17.4 Å². The molecule has 1 N–H and O–H groups in total. The standard InChI is InChI=1S/C21H23N3O4S2/c1-3-4-8-19-20(25)23-21(29-19)24-22-14-16-6-5-7-17(13-16)28-30(26,27)18-11-9-15(2)10-12-18/h5-7,9-14,19H,3-4,8H2,1-2H3,(H,23,24,25)/b22-14+. The molecule has 158 valence electrons. The molecule has 2 aromatic carbocycles. The van der Waals surface area contributed by atoms with Gasteiger partial charge in [0.2, 0.25) is 5.91 Å². The van der Waals surface area contributed by atoms with E-state index in [1.807, 2.05) is 6.92 Å². The Morgan fingerprint density at radius 2 is 1.97 bits per heavy atom. The van der Waals surface area contributed by atoms with Gasteiger partial charge in [0.15, 0.2) is 5.17 Å². The third kappa shape index (κ3) is 5.93. The van der Waals surface area contributed by atoms with Crippen molar-refractivity contribution in [2.24, 2.45) is 10.2 Å². The summed E-state index contributed by atoms with van der Waals surface area (Å²) in [7, 11) is -3.92. The summed E-state index contributed by atoms with van der Waals surface area (Å²) in [6.45, 7) is 3.96. The maximum absolute atomic E-state index is 12.4. The van der Waals surface area contributed by atoms with Gasteiger partial charge in [-0.05, 0) is 43.2 Å². The Morgan fingerprint density at radius 3 is 2.70 bits per heavy atom. The minimum atomic E-state index is -3.92. The number of nitrogens with zero attached hydrogens (tertiary/aromatic N) is 2. The Labute approximate surface area is 180 Å². The van der Waals surface area contributed by atoms with Crippen molar-refractivity contribution in [2.75, 3.05) is 0 Å². The van der Waals surface area contributed by atoms with Gasteiger partial charge in [-0.1, -0.05) is 61.4 Å². The third-order valence-corrected chi connectivity index (χ3v) is 6.73. The van der Waals surface area contributed by atoms with Gasteiger partial charge in [0.05, 0.1) is 11.5 Å². The van der Waals surface area contributed by atoms with Gasteiger partial charge >= 0.3 is 10.1 Å². The monoisotopic (exact) mass is 445 g/mol. The highest BCUT2D eigenvalue weighted by molar-refractivity contribution is 8.15. The summed E-state index contributed by atoms with van der Waals surface area (Å²) in [5.41, 5.74) is 1.58. The van der Waals surface area contributed by atoms with Gasteiger partial charge in [-0.25, -0.2) is 0 Å². The molecule has 2 aromatic rings. The van der Waals surface area contributed by atoms with Crippen LogP contribution in [-0.2, 0) is 14.9 Å². The SMILES string of the molecule is CCCCC1S/C(=N/N=C/c2cccc(OS(=O)(=O)c3ccc(C)cc3)c2)NC1=O. The summed E-state index contributed by atoms with van der Waals surface area (Å²) in [5.74, 6) is 0.134. The van der Waals surface area contributed by atoms with Crippen LogP contribution in [0.25, 0.3) is 0 Å². The van der Waals surface area contributed by atoms with Gasteiger partial charge in [0, 0.05) is 0 Å². The van der Waals surface area contributed by atoms with E-state index in [2.05, 4.69) is 22.4 Å². The molecule has 1 atom stereocenters. The second-order valence-electron chi connectivity index (χ2n) is 6.81. The molecule has 1 heterocycles. The molecular weight excluding hydrogens is 422 g/mol. The fourth-order valence-electron chi connectivity index (χ4n) is 2.71. The summed E-state index contributed by atoms with van der Waals surface area (Å²) >= 11 is 1.38. The topological polar surface area (TPSA) is 97.2 Å². The van der Waals surface area contributed by atoms with Gasteiger partial charge in [-0.3, -0.25) is 4.79 Å². The van der Waals surface area contributed by atoms with E-state index in [0.29, 0.717) is 10.7 Å². The van der Waals surface area contributed by atoms with Crippen molar-refractivity contribution in [3.63, 3.8) is 0 Å². The van der Waals surface area contributed by atoms with Crippen molar-refractivity contribution in [3.8, 4) is 5.75 Å². The molecule has 9 heteroatoms. The molecule has 0 bridgehead atoms. The normalized spacial score (nSPS) is 18.1. The van der Waals surface area contributed by atoms with E-state index in [9.17, 15) is 13.2 Å². The lowest BCUT2D eigenvalue weighted by Gasteiger charge is -2.07. The average molecular weight is 446 g/mol. The number of amides is 1. The molecule has 1 aliphatic heterocycles. The Bertz CT molecular complexity index is 1060. The predicted molar refractivity (Wildman–Crippen MR) is 120 cm³/mol. The molecule has 0 aromatic heterocycles. The van der Waals surface area contributed by atoms with Crippen LogP contribution >= 0.6 is 11.8 Å². The first-order valence-corrected chi connectivity index (χ1v) is 11.9. The largest absolute Gasteiger partial charge is 0.379 e. The van der Waals surface area contributed by atoms with Crippen LogP contribution < -0.4 is 9.50 Å². The van der Waals surface area contributed by atoms with E-state index in [0.717, 1.165) is 24.8 Å². The Balaban J connectivity index is 1.66. The van der Waals surface area contributed by atoms with E-state index in [4.69, 9.17) is 4.18 Å². The quantitative estimate of drug-likeness (QED) is 0.378. The summed E-state index contributed by atoms with van der Waals surface area (Å²) in [6, 6.07) is 13.0. The molecule has 1 fully saturated rings. The van der Waals surface area contributed by atoms with Gasteiger partial charge < -0.3 is 9.50 Å². The molecule has 0 radical (unpaired) electrons. The number of amidine groups is 1. The lowest BCUT2D eigenvalue weighted by molar-refractivity contribution is -0.118. The number of carbonyl (C=O) groups excluding carboxylic acids is 1. The first-order chi connectivity index (χ1) is 14.4. The van der Waals surface area contributed by atoms with Crippen LogP contribution in [0.3, 0.4) is 0 Å². The molecule has 1 amide bonds. The minimum Gasteiger partial charge on any atom is -0.379 e. The zero-order valence-corrected chi connectivity index (χ0v) is 18.4. The Morgan fingerprint density at radius 1 is 1.20 bits per heavy atom. The molecule has 0 spiro atoms. The molecule has 0 aliphatic carbocycles. The molecule has 30 heavy (non-hydrogen) atoms. The van der Waals surface area contributed by atoms with Crippen LogP contribution in [0, 0.1) is 6.92 Å². The van der Waals surface area contributed by atoms with Crippen molar-refractivity contribution in [3.05, 3.63) is 59.7 Å². The molecule has 0 saturated carbocycles. The van der Waals surface area contributed by atoms with Crippen LogP contribution in [0.4, 0.5) is 0 Å². The average Bonchev–Trinajstić information content (AvgIpc) is 3.06. The van der Waals surface area contributed by atoms with Gasteiger partial charge in [-0.2, -0.15) is 13.5 Å². The summed E-state index contributed by atoms with van der Waals surface area (Å²) in [4.78, 5) is 12.0. The number of benzene rings is 2. The zero-order valence-electron chi connectivity index (χ0n) is 16.7. The number of rotatable bonds is 8. The van der Waals surface area contributed by atoms with Gasteiger partial charge in [-0.15, -0.1) is 5.10 Å². The van der Waals surface area contributed by atoms with Crippen LogP contribution in [0.1, 0.15) is 37.3 Å². The van der Waals surface area contributed by atoms with E-state index in [-0.39, 0.29) is 21.8 Å². The lowest BCUT2D eigenvalue weighted by Crippen LogP contribution is -2.24. The summed E-state index contributed by atoms with van der Waals surface area (Å²) in [6.07, 6.45) is 4.31. The van der Waals surface area contributed by atoms with Crippen LogP contribution in [0.15, 0.2) is 63.6 Å². The number of hydrogen-bond donors (Lipinski definition) is 1. The number of hydrogen-bond acceptors (Lipinski definition) is 7. The minimum absolute atomic E-state index is 0.0425. The second-order valence-corrected chi connectivity index (χ2v) is 9.55. The van der Waals surface area contributed by atoms with Crippen LogP contribution in [0.5, 0.6) is 5.75 Å². The molecule has 1 aliphatic rings. The third-order valence-electron chi connectivity index (χ3n) is 4.33. The van der Waals surface area contributed by atoms with Gasteiger partial charge in [0.1, 0.15) is 10.6 Å². The van der Waals surface area contributed by atoms with Crippen molar-refractivity contribution in [1.82, 2.24) is 5.32 Å². The highest BCUT2D eigenvalue weighted by atomic mass is 32.2. The highest BCUT2D eigenvalue weighted by Gasteiger charge is 2.29. The molecule has 3 rings (SSSR count). The van der Waals surface area contributed by atoms with Crippen LogP contribution in [-0.4, -0.2) is 31.0 Å². The van der Waals surface area contributed by atoms with Gasteiger partial charge in [0.25, 0.3) is 0 Å². The highest BCUT2D eigenvalue weighted by Crippen LogP contribution is 2.24. The summed E-state index contributed by atoms with van der Waals surface area (Å²) < 4.78 is 30.1. The molecule has 1 unspecified atom stereocenters. The number of nitrogens with one attached hydrogen (secondary N) is 1. The van der Waals surface area contributed by atoms with Crippen molar-refractivity contribution >= 4 is 39.2 Å². The van der Waals surface area contributed by atoms with Crippen LogP contribution in [0.2, 0.25) is 0 Å². The first kappa shape index (κ1) is 22.0. The Hall–Kier alpha value is -2.65. The smallest absolute Gasteiger partial charge is 0.339 e. The fraction of sp³-hybridized carbons (Fsp3) is 0.286. The van der Waals surface area contributed by atoms with E-state index < -0.39 is 10.1 Å². The molecule has 7 nitrogen and oxygen atoms in total. The summed E-state index contributed by atoms with van der Waals surface area (Å²) in [5, 5.41) is 11.1. The Kier molecular flexibility index (Phi) is 7.28. The van der Waals surface area contributed by atoms with E-state index >= 15 is 0 Å². The number of thioether (sulfide) groups is 1. The van der Waals surface area contributed by atoms with E-state index in [1.165, 1.54) is 30.1 Å². The number of aryl methyl sites for hydroxylation is 1. The van der Waals surface area contributed by atoms with Crippen molar-refractivity contribution in [2.45, 2.75) is 43.3 Å². The predicted octanol–water partition coefficient (Wildman–Crippen LogP) is 3.87. The lowest BCUT2D eigenvalue weighted by atomic mass is 10.2. The second kappa shape index (κ2) is 9.90.